The zero-order chi connectivity index (χ0) is 27.5. The van der Waals surface area contributed by atoms with Crippen molar-refractivity contribution in [2.24, 2.45) is 0 Å². The van der Waals surface area contributed by atoms with E-state index in [4.69, 9.17) is 21.1 Å². The summed E-state index contributed by atoms with van der Waals surface area (Å²) in [7, 11) is 0. The van der Waals surface area contributed by atoms with Crippen molar-refractivity contribution in [2.45, 2.75) is 24.7 Å². The largest absolute Gasteiger partial charge is 0.465 e. The van der Waals surface area contributed by atoms with E-state index >= 15 is 0 Å². The second kappa shape index (κ2) is 11.7. The van der Waals surface area contributed by atoms with E-state index in [1.807, 2.05) is 37.4 Å². The number of aryl methyl sites for hydroxylation is 1. The lowest BCUT2D eigenvalue weighted by Gasteiger charge is -2.32. The summed E-state index contributed by atoms with van der Waals surface area (Å²) in [6, 6.07) is 12.5. The monoisotopic (exact) mass is 567 g/mol. The number of benzene rings is 1. The molecule has 0 bridgehead atoms. The summed E-state index contributed by atoms with van der Waals surface area (Å²) in [6.45, 7) is 2.59. The molecule has 5 rings (SSSR count). The van der Waals surface area contributed by atoms with Gasteiger partial charge in [-0.3, -0.25) is 19.2 Å². The molecule has 202 valence electrons. The fourth-order valence-corrected chi connectivity index (χ4v) is 5.15. The third-order valence-corrected chi connectivity index (χ3v) is 7.34. The van der Waals surface area contributed by atoms with Crippen molar-refractivity contribution < 1.29 is 19.4 Å². The maximum atomic E-state index is 13.9. The van der Waals surface area contributed by atoms with E-state index in [0.29, 0.717) is 32.3 Å². The maximum Gasteiger partial charge on any atom is 0.407 e. The van der Waals surface area contributed by atoms with E-state index < -0.39 is 12.1 Å². The third kappa shape index (κ3) is 5.76. The SMILES string of the molecule is CSc1ncc2cc(-c3ccc(-c4cccc(C)n4)cc3Cl)c(=O)n(CCN(C(=O)O)C3COCOC3)c2n1. The summed E-state index contributed by atoms with van der Waals surface area (Å²) < 4.78 is 12.1. The van der Waals surface area contributed by atoms with Gasteiger partial charge in [-0.1, -0.05) is 41.6 Å². The molecule has 1 N–H and O–H groups in total. The molecule has 1 aliphatic heterocycles. The Kier molecular flexibility index (Phi) is 8.12. The first-order valence-electron chi connectivity index (χ1n) is 12.2. The van der Waals surface area contributed by atoms with Crippen LogP contribution in [0.15, 0.2) is 58.6 Å². The smallest absolute Gasteiger partial charge is 0.407 e. The molecule has 0 unspecified atom stereocenters. The number of nitrogens with zero attached hydrogens (tertiary/aromatic N) is 5. The van der Waals surface area contributed by atoms with Crippen molar-refractivity contribution in [3.8, 4) is 22.4 Å². The van der Waals surface area contributed by atoms with Crippen LogP contribution in [0, 0.1) is 6.92 Å². The Morgan fingerprint density at radius 1 is 1.18 bits per heavy atom. The highest BCUT2D eigenvalue weighted by molar-refractivity contribution is 7.98. The van der Waals surface area contributed by atoms with Gasteiger partial charge in [0.2, 0.25) is 0 Å². The van der Waals surface area contributed by atoms with Gasteiger partial charge in [0.25, 0.3) is 5.56 Å². The molecule has 4 heterocycles. The first-order valence-corrected chi connectivity index (χ1v) is 13.8. The van der Waals surface area contributed by atoms with Gasteiger partial charge in [0.1, 0.15) is 12.4 Å². The molecule has 10 nitrogen and oxygen atoms in total. The number of ether oxygens (including phenoxy) is 2. The van der Waals surface area contributed by atoms with E-state index in [2.05, 4.69) is 15.0 Å². The topological polar surface area (TPSA) is 120 Å². The molecular weight excluding hydrogens is 542 g/mol. The Balaban J connectivity index is 1.57. The van der Waals surface area contributed by atoms with Crippen LogP contribution in [0.5, 0.6) is 0 Å². The van der Waals surface area contributed by atoms with Crippen molar-refractivity contribution in [3.05, 3.63) is 69.7 Å². The van der Waals surface area contributed by atoms with E-state index in [1.165, 1.54) is 21.2 Å². The van der Waals surface area contributed by atoms with E-state index in [9.17, 15) is 14.7 Å². The van der Waals surface area contributed by atoms with Crippen LogP contribution in [0.4, 0.5) is 4.79 Å². The second-order valence-corrected chi connectivity index (χ2v) is 10.2. The van der Waals surface area contributed by atoms with E-state index in [1.54, 1.807) is 24.4 Å². The summed E-state index contributed by atoms with van der Waals surface area (Å²) in [5, 5.41) is 11.4. The fourth-order valence-electron chi connectivity index (χ4n) is 4.54. The predicted molar refractivity (Wildman–Crippen MR) is 149 cm³/mol. The van der Waals surface area contributed by atoms with Crippen molar-refractivity contribution in [1.29, 1.82) is 0 Å². The van der Waals surface area contributed by atoms with Crippen LogP contribution < -0.4 is 5.56 Å². The Labute approximate surface area is 233 Å². The van der Waals surface area contributed by atoms with Crippen molar-refractivity contribution in [3.63, 3.8) is 0 Å². The van der Waals surface area contributed by atoms with E-state index in [-0.39, 0.29) is 38.7 Å². The van der Waals surface area contributed by atoms with Gasteiger partial charge >= 0.3 is 6.09 Å². The minimum Gasteiger partial charge on any atom is -0.465 e. The molecule has 1 amide bonds. The van der Waals surface area contributed by atoms with Gasteiger partial charge in [-0.15, -0.1) is 0 Å². The number of thioether (sulfide) groups is 1. The molecule has 0 atom stereocenters. The van der Waals surface area contributed by atoms with Gasteiger partial charge in [0.05, 0.1) is 24.9 Å². The summed E-state index contributed by atoms with van der Waals surface area (Å²) in [6.07, 6.45) is 2.38. The average Bonchev–Trinajstić information content (AvgIpc) is 2.94. The lowest BCUT2D eigenvalue weighted by molar-refractivity contribution is -0.131. The predicted octanol–water partition coefficient (Wildman–Crippen LogP) is 4.56. The minimum atomic E-state index is -1.12. The fraction of sp³-hybridized carbons (Fsp3) is 0.296. The number of carbonyl (C=O) groups is 1. The highest BCUT2D eigenvalue weighted by Gasteiger charge is 2.27. The third-order valence-electron chi connectivity index (χ3n) is 6.47. The number of aromatic nitrogens is 4. The summed E-state index contributed by atoms with van der Waals surface area (Å²) >= 11 is 8.07. The number of pyridine rings is 2. The zero-order valence-electron chi connectivity index (χ0n) is 21.3. The zero-order valence-corrected chi connectivity index (χ0v) is 22.9. The molecule has 0 aliphatic carbocycles. The Hall–Kier alpha value is -3.51. The Morgan fingerprint density at radius 3 is 2.67 bits per heavy atom. The van der Waals surface area contributed by atoms with Crippen LogP contribution in [0.3, 0.4) is 0 Å². The summed E-state index contributed by atoms with van der Waals surface area (Å²) in [4.78, 5) is 40.7. The number of hydrogen-bond acceptors (Lipinski definition) is 8. The quantitative estimate of drug-likeness (QED) is 0.253. The lowest BCUT2D eigenvalue weighted by atomic mass is 10.0. The lowest BCUT2D eigenvalue weighted by Crippen LogP contribution is -2.49. The number of halogens is 1. The van der Waals surface area contributed by atoms with Crippen molar-refractivity contribution >= 4 is 40.5 Å². The first-order chi connectivity index (χ1) is 18.9. The van der Waals surface area contributed by atoms with Crippen LogP contribution in [0.25, 0.3) is 33.4 Å². The molecule has 0 spiro atoms. The highest BCUT2D eigenvalue weighted by atomic mass is 35.5. The molecule has 1 fully saturated rings. The van der Waals surface area contributed by atoms with Gasteiger partial charge < -0.3 is 14.6 Å². The normalized spacial score (nSPS) is 14.0. The molecule has 3 aromatic heterocycles. The van der Waals surface area contributed by atoms with E-state index in [0.717, 1.165) is 17.0 Å². The average molecular weight is 568 g/mol. The summed E-state index contributed by atoms with van der Waals surface area (Å²) in [5.74, 6) is 0. The Morgan fingerprint density at radius 2 is 1.97 bits per heavy atom. The molecule has 12 heteroatoms. The highest BCUT2D eigenvalue weighted by Crippen LogP contribution is 2.31. The maximum absolute atomic E-state index is 13.9. The molecular formula is C27H26ClN5O5S. The molecule has 0 radical (unpaired) electrons. The molecule has 4 aromatic rings. The number of amides is 1. The van der Waals surface area contributed by atoms with Crippen molar-refractivity contribution in [2.75, 3.05) is 32.8 Å². The minimum absolute atomic E-state index is 0.0372. The first kappa shape index (κ1) is 27.1. The van der Waals surface area contributed by atoms with Crippen LogP contribution in [0.2, 0.25) is 5.02 Å². The van der Waals surface area contributed by atoms with Gasteiger partial charge in [0.15, 0.2) is 5.16 Å². The molecule has 1 aliphatic rings. The molecule has 39 heavy (non-hydrogen) atoms. The molecule has 1 saturated heterocycles. The van der Waals surface area contributed by atoms with Gasteiger partial charge in [-0.25, -0.2) is 14.8 Å². The van der Waals surface area contributed by atoms with Crippen LogP contribution in [-0.4, -0.2) is 74.5 Å². The van der Waals surface area contributed by atoms with Crippen LogP contribution in [-0.2, 0) is 16.0 Å². The standard InChI is InChI=1S/C27H26ClN5O5S/c1-16-4-3-5-23(30-16)17-6-7-20(22(28)11-17)21-10-18-12-29-26(39-2)31-24(18)33(25(21)34)9-8-32(27(35)36)19-13-37-15-38-14-19/h3-7,10-12,19H,8-9,13-15H2,1-2H3,(H,35,36). The van der Waals surface area contributed by atoms with Gasteiger partial charge in [0, 0.05) is 52.1 Å². The molecule has 1 aromatic carbocycles. The van der Waals surface area contributed by atoms with Crippen LogP contribution >= 0.6 is 23.4 Å². The van der Waals surface area contributed by atoms with Gasteiger partial charge in [-0.05, 0) is 37.4 Å². The second-order valence-electron chi connectivity index (χ2n) is 9.00. The van der Waals surface area contributed by atoms with Gasteiger partial charge in [-0.2, -0.15) is 0 Å². The van der Waals surface area contributed by atoms with Crippen molar-refractivity contribution in [1.82, 2.24) is 24.4 Å². The molecule has 0 saturated carbocycles. The number of fused-ring (bicyclic) bond motifs is 1. The summed E-state index contributed by atoms with van der Waals surface area (Å²) in [5.41, 5.74) is 3.49. The Bertz CT molecular complexity index is 1590. The number of carboxylic acid groups (broad SMARTS) is 1. The number of hydrogen-bond donors (Lipinski definition) is 1. The number of rotatable bonds is 7. The van der Waals surface area contributed by atoms with Crippen LogP contribution in [0.1, 0.15) is 5.69 Å².